The van der Waals surface area contributed by atoms with E-state index < -0.39 is 5.91 Å². The van der Waals surface area contributed by atoms with Crippen LogP contribution in [0.15, 0.2) is 48.5 Å². The molecule has 0 aliphatic heterocycles. The lowest BCUT2D eigenvalue weighted by Gasteiger charge is -2.18. The molecule has 2 aromatic rings. The van der Waals surface area contributed by atoms with E-state index in [9.17, 15) is 4.79 Å². The van der Waals surface area contributed by atoms with Crippen LogP contribution in [-0.2, 0) is 0 Å². The minimum absolute atomic E-state index is 0.272. The first-order chi connectivity index (χ1) is 9.60. The van der Waals surface area contributed by atoms with E-state index in [2.05, 4.69) is 0 Å². The van der Waals surface area contributed by atoms with Gasteiger partial charge >= 0.3 is 0 Å². The van der Waals surface area contributed by atoms with E-state index >= 15 is 0 Å². The SMILES string of the molecule is NCC(Oc1ccc(C(N)=O)cc1)c1ccc(Cl)cc1. The van der Waals surface area contributed by atoms with Gasteiger partial charge in [0.25, 0.3) is 0 Å². The van der Waals surface area contributed by atoms with Gasteiger partial charge in [0.2, 0.25) is 5.91 Å². The number of hydrogen-bond acceptors (Lipinski definition) is 3. The lowest BCUT2D eigenvalue weighted by molar-refractivity contribution is 0.1000. The van der Waals surface area contributed by atoms with Crippen molar-refractivity contribution in [2.24, 2.45) is 11.5 Å². The third kappa shape index (κ3) is 3.50. The molecule has 4 N–H and O–H groups in total. The Bertz CT molecular complexity index is 582. The van der Waals surface area contributed by atoms with Gasteiger partial charge in [-0.25, -0.2) is 0 Å². The fourth-order valence-electron chi connectivity index (χ4n) is 1.79. The molecule has 0 saturated heterocycles. The molecular formula is C15H15ClN2O2. The number of nitrogens with two attached hydrogens (primary N) is 2. The van der Waals surface area contributed by atoms with Crippen molar-refractivity contribution < 1.29 is 9.53 Å². The number of halogens is 1. The maximum Gasteiger partial charge on any atom is 0.248 e. The largest absolute Gasteiger partial charge is 0.484 e. The van der Waals surface area contributed by atoms with Gasteiger partial charge in [-0.1, -0.05) is 23.7 Å². The molecule has 4 nitrogen and oxygen atoms in total. The highest BCUT2D eigenvalue weighted by Gasteiger charge is 2.11. The van der Waals surface area contributed by atoms with Crippen molar-refractivity contribution in [1.82, 2.24) is 0 Å². The van der Waals surface area contributed by atoms with E-state index in [1.165, 1.54) is 0 Å². The van der Waals surface area contributed by atoms with Crippen molar-refractivity contribution in [3.05, 3.63) is 64.7 Å². The van der Waals surface area contributed by atoms with Crippen LogP contribution in [0.2, 0.25) is 5.02 Å². The van der Waals surface area contributed by atoms with E-state index in [1.54, 1.807) is 36.4 Å². The van der Waals surface area contributed by atoms with Crippen LogP contribution in [0, 0.1) is 0 Å². The molecular weight excluding hydrogens is 276 g/mol. The Morgan fingerprint density at radius 1 is 1.10 bits per heavy atom. The number of carbonyl (C=O) groups excluding carboxylic acids is 1. The molecule has 0 aromatic heterocycles. The third-order valence-corrected chi connectivity index (χ3v) is 3.13. The van der Waals surface area contributed by atoms with Crippen LogP contribution in [0.5, 0.6) is 5.75 Å². The van der Waals surface area contributed by atoms with Gasteiger partial charge in [-0.15, -0.1) is 0 Å². The van der Waals surface area contributed by atoms with Gasteiger partial charge in [0, 0.05) is 17.1 Å². The second-order valence-corrected chi connectivity index (χ2v) is 4.72. The van der Waals surface area contributed by atoms with Crippen molar-refractivity contribution in [1.29, 1.82) is 0 Å². The fourth-order valence-corrected chi connectivity index (χ4v) is 1.92. The summed E-state index contributed by atoms with van der Waals surface area (Å²) in [4.78, 5) is 11.0. The topological polar surface area (TPSA) is 78.3 Å². The monoisotopic (exact) mass is 290 g/mol. The Morgan fingerprint density at radius 2 is 1.70 bits per heavy atom. The van der Waals surface area contributed by atoms with E-state index in [-0.39, 0.29) is 6.10 Å². The smallest absolute Gasteiger partial charge is 0.248 e. The third-order valence-electron chi connectivity index (χ3n) is 2.87. The molecule has 0 radical (unpaired) electrons. The van der Waals surface area contributed by atoms with Gasteiger partial charge in [-0.3, -0.25) is 4.79 Å². The Kier molecular flexibility index (Phi) is 4.61. The van der Waals surface area contributed by atoms with E-state index in [0.717, 1.165) is 5.56 Å². The van der Waals surface area contributed by atoms with Crippen LogP contribution in [-0.4, -0.2) is 12.5 Å². The summed E-state index contributed by atoms with van der Waals surface area (Å²) in [6, 6.07) is 13.9. The summed E-state index contributed by atoms with van der Waals surface area (Å²) in [6.07, 6.45) is -0.272. The zero-order valence-corrected chi connectivity index (χ0v) is 11.5. The normalized spacial score (nSPS) is 11.9. The van der Waals surface area contributed by atoms with Crippen LogP contribution in [0.4, 0.5) is 0 Å². The predicted molar refractivity (Wildman–Crippen MR) is 78.8 cm³/mol. The molecule has 1 unspecified atom stereocenters. The number of ether oxygens (including phenoxy) is 1. The molecule has 2 aromatic carbocycles. The summed E-state index contributed by atoms with van der Waals surface area (Å²) in [7, 11) is 0. The standard InChI is InChI=1S/C15H15ClN2O2/c16-12-5-1-10(2-6-12)14(9-17)20-13-7-3-11(4-8-13)15(18)19/h1-8,14H,9,17H2,(H2,18,19). The molecule has 0 aliphatic carbocycles. The van der Waals surface area contributed by atoms with Crippen LogP contribution in [0.3, 0.4) is 0 Å². The molecule has 0 spiro atoms. The number of benzene rings is 2. The van der Waals surface area contributed by atoms with Crippen molar-refractivity contribution in [2.75, 3.05) is 6.54 Å². The molecule has 2 rings (SSSR count). The van der Waals surface area contributed by atoms with Gasteiger partial charge in [-0.05, 0) is 42.0 Å². The second kappa shape index (κ2) is 6.41. The van der Waals surface area contributed by atoms with Crippen molar-refractivity contribution in [2.45, 2.75) is 6.10 Å². The number of carbonyl (C=O) groups is 1. The van der Waals surface area contributed by atoms with Crippen LogP contribution >= 0.6 is 11.6 Å². The molecule has 1 atom stereocenters. The average molecular weight is 291 g/mol. The van der Waals surface area contributed by atoms with Gasteiger partial charge in [0.15, 0.2) is 0 Å². The number of hydrogen-bond donors (Lipinski definition) is 2. The number of rotatable bonds is 5. The van der Waals surface area contributed by atoms with E-state index in [1.807, 2.05) is 12.1 Å². The number of primary amides is 1. The van der Waals surface area contributed by atoms with Crippen LogP contribution < -0.4 is 16.2 Å². The molecule has 0 fully saturated rings. The lowest BCUT2D eigenvalue weighted by Crippen LogP contribution is -2.18. The Hall–Kier alpha value is -2.04. The van der Waals surface area contributed by atoms with Gasteiger partial charge in [0.05, 0.1) is 0 Å². The quantitative estimate of drug-likeness (QED) is 0.888. The first kappa shape index (κ1) is 14.4. The first-order valence-corrected chi connectivity index (χ1v) is 6.50. The van der Waals surface area contributed by atoms with Crippen molar-refractivity contribution >= 4 is 17.5 Å². The lowest BCUT2D eigenvalue weighted by atomic mass is 10.1. The Balaban J connectivity index is 2.13. The summed E-state index contributed by atoms with van der Waals surface area (Å²) >= 11 is 5.85. The summed E-state index contributed by atoms with van der Waals surface area (Å²) < 4.78 is 5.80. The molecule has 20 heavy (non-hydrogen) atoms. The average Bonchev–Trinajstić information content (AvgIpc) is 2.46. The Morgan fingerprint density at radius 3 is 2.20 bits per heavy atom. The summed E-state index contributed by atoms with van der Waals surface area (Å²) in [5.41, 5.74) is 12.3. The summed E-state index contributed by atoms with van der Waals surface area (Å²) in [6.45, 7) is 0.333. The molecule has 104 valence electrons. The van der Waals surface area contributed by atoms with Crippen molar-refractivity contribution in [3.8, 4) is 5.75 Å². The van der Waals surface area contributed by atoms with Gasteiger partial charge in [-0.2, -0.15) is 0 Å². The van der Waals surface area contributed by atoms with E-state index in [4.69, 9.17) is 27.8 Å². The second-order valence-electron chi connectivity index (χ2n) is 4.28. The summed E-state index contributed by atoms with van der Waals surface area (Å²) in [5.74, 6) is 0.157. The molecule has 1 amide bonds. The van der Waals surface area contributed by atoms with Gasteiger partial charge < -0.3 is 16.2 Å². The molecule has 0 saturated carbocycles. The van der Waals surface area contributed by atoms with Crippen LogP contribution in [0.25, 0.3) is 0 Å². The highest BCUT2D eigenvalue weighted by Crippen LogP contribution is 2.23. The molecule has 0 bridgehead atoms. The van der Waals surface area contributed by atoms with Crippen molar-refractivity contribution in [3.63, 3.8) is 0 Å². The maximum atomic E-state index is 11.0. The van der Waals surface area contributed by atoms with Crippen LogP contribution in [0.1, 0.15) is 22.0 Å². The highest BCUT2D eigenvalue weighted by molar-refractivity contribution is 6.30. The Labute approximate surface area is 122 Å². The predicted octanol–water partition coefficient (Wildman–Crippen LogP) is 2.52. The maximum absolute atomic E-state index is 11.0. The number of amides is 1. The molecule has 0 aliphatic rings. The fraction of sp³-hybridized carbons (Fsp3) is 0.133. The van der Waals surface area contributed by atoms with Gasteiger partial charge in [0.1, 0.15) is 11.9 Å². The first-order valence-electron chi connectivity index (χ1n) is 6.12. The summed E-state index contributed by atoms with van der Waals surface area (Å²) in [5, 5.41) is 0.662. The highest BCUT2D eigenvalue weighted by atomic mass is 35.5. The molecule has 0 heterocycles. The zero-order chi connectivity index (χ0) is 14.5. The minimum Gasteiger partial charge on any atom is -0.484 e. The van der Waals surface area contributed by atoms with E-state index in [0.29, 0.717) is 22.9 Å². The zero-order valence-electron chi connectivity index (χ0n) is 10.8. The molecule has 5 heteroatoms. The minimum atomic E-state index is -0.468.